The monoisotopic (exact) mass is 226 g/mol. The Balaban J connectivity index is 2.55. The van der Waals surface area contributed by atoms with Gasteiger partial charge in [0.05, 0.1) is 5.41 Å². The van der Waals surface area contributed by atoms with E-state index in [1.807, 2.05) is 6.92 Å². The van der Waals surface area contributed by atoms with Gasteiger partial charge < -0.3 is 10.8 Å². The summed E-state index contributed by atoms with van der Waals surface area (Å²) in [6, 6.07) is 0. The molecule has 0 aromatic rings. The molecule has 1 aliphatic rings. The van der Waals surface area contributed by atoms with E-state index in [-0.39, 0.29) is 5.91 Å². The van der Waals surface area contributed by atoms with E-state index < -0.39 is 11.4 Å². The molecule has 1 saturated heterocycles. The van der Waals surface area contributed by atoms with Crippen LogP contribution in [0.3, 0.4) is 0 Å². The Morgan fingerprint density at radius 2 is 2.19 bits per heavy atom. The fourth-order valence-electron chi connectivity index (χ4n) is 2.00. The molecule has 1 fully saturated rings. The second kappa shape index (κ2) is 4.65. The molecular weight excluding hydrogens is 208 g/mol. The van der Waals surface area contributed by atoms with Crippen molar-refractivity contribution in [2.75, 3.05) is 19.6 Å². The third-order valence-electron chi connectivity index (χ3n) is 2.99. The van der Waals surface area contributed by atoms with Gasteiger partial charge in [-0.05, 0) is 26.8 Å². The molecule has 16 heavy (non-hydrogen) atoms. The Kier molecular flexibility index (Phi) is 3.70. The summed E-state index contributed by atoms with van der Waals surface area (Å²) in [6.45, 7) is 5.59. The van der Waals surface area contributed by atoms with Crippen molar-refractivity contribution in [2.45, 2.75) is 20.3 Å². The van der Waals surface area contributed by atoms with Crippen LogP contribution in [0.15, 0.2) is 11.6 Å². The molecule has 90 valence electrons. The van der Waals surface area contributed by atoms with E-state index in [4.69, 9.17) is 10.8 Å². The average molecular weight is 226 g/mol. The van der Waals surface area contributed by atoms with E-state index in [9.17, 15) is 9.59 Å². The van der Waals surface area contributed by atoms with Crippen molar-refractivity contribution in [1.82, 2.24) is 4.90 Å². The predicted molar refractivity (Wildman–Crippen MR) is 59.8 cm³/mol. The zero-order chi connectivity index (χ0) is 12.3. The molecule has 0 radical (unpaired) electrons. The highest BCUT2D eigenvalue weighted by atomic mass is 16.4. The highest BCUT2D eigenvalue weighted by molar-refractivity contribution is 5.81. The average Bonchev–Trinajstić information content (AvgIpc) is 2.47. The summed E-state index contributed by atoms with van der Waals surface area (Å²) in [5, 5.41) is 8.58. The van der Waals surface area contributed by atoms with Crippen LogP contribution in [0.5, 0.6) is 0 Å². The SMILES string of the molecule is CC(=CC(=O)O)CN1CCC(C)(C(N)=O)C1. The lowest BCUT2D eigenvalue weighted by Crippen LogP contribution is -2.37. The fourth-order valence-corrected chi connectivity index (χ4v) is 2.00. The molecule has 1 amide bonds. The first-order valence-electron chi connectivity index (χ1n) is 5.26. The Hall–Kier alpha value is -1.36. The van der Waals surface area contributed by atoms with Crippen LogP contribution >= 0.6 is 0 Å². The first-order chi connectivity index (χ1) is 7.33. The molecule has 0 aliphatic carbocycles. The summed E-state index contributed by atoms with van der Waals surface area (Å²) in [7, 11) is 0. The van der Waals surface area contributed by atoms with Gasteiger partial charge in [0.1, 0.15) is 0 Å². The maximum Gasteiger partial charge on any atom is 0.328 e. The number of hydrogen-bond donors (Lipinski definition) is 2. The maximum atomic E-state index is 11.2. The topological polar surface area (TPSA) is 83.6 Å². The summed E-state index contributed by atoms with van der Waals surface area (Å²) in [5.74, 6) is -1.22. The summed E-state index contributed by atoms with van der Waals surface area (Å²) < 4.78 is 0. The molecule has 1 unspecified atom stereocenters. The zero-order valence-corrected chi connectivity index (χ0v) is 9.69. The van der Waals surface area contributed by atoms with Gasteiger partial charge in [-0.15, -0.1) is 0 Å². The van der Waals surface area contributed by atoms with E-state index in [0.29, 0.717) is 13.1 Å². The Labute approximate surface area is 94.9 Å². The van der Waals surface area contributed by atoms with Gasteiger partial charge in [-0.1, -0.05) is 5.57 Å². The van der Waals surface area contributed by atoms with Crippen molar-refractivity contribution in [1.29, 1.82) is 0 Å². The minimum absolute atomic E-state index is 0.283. The second-order valence-corrected chi connectivity index (χ2v) is 4.71. The Bertz CT molecular complexity index is 338. The molecule has 0 bridgehead atoms. The number of carboxylic acid groups (broad SMARTS) is 1. The number of nitrogens with two attached hydrogens (primary N) is 1. The Morgan fingerprint density at radius 1 is 1.56 bits per heavy atom. The normalized spacial score (nSPS) is 27.0. The minimum Gasteiger partial charge on any atom is -0.478 e. The molecule has 0 aromatic heterocycles. The molecular formula is C11H18N2O3. The zero-order valence-electron chi connectivity index (χ0n) is 9.69. The smallest absolute Gasteiger partial charge is 0.328 e. The second-order valence-electron chi connectivity index (χ2n) is 4.71. The largest absolute Gasteiger partial charge is 0.478 e. The van der Waals surface area contributed by atoms with E-state index in [0.717, 1.165) is 18.5 Å². The molecule has 1 heterocycles. The van der Waals surface area contributed by atoms with Crippen LogP contribution in [0.2, 0.25) is 0 Å². The van der Waals surface area contributed by atoms with Gasteiger partial charge in [-0.25, -0.2) is 4.79 Å². The number of amides is 1. The minimum atomic E-state index is -0.936. The number of carboxylic acids is 1. The first-order valence-corrected chi connectivity index (χ1v) is 5.26. The quantitative estimate of drug-likeness (QED) is 0.671. The molecule has 5 heteroatoms. The number of carbonyl (C=O) groups excluding carboxylic acids is 1. The summed E-state index contributed by atoms with van der Waals surface area (Å²) >= 11 is 0. The van der Waals surface area contributed by atoms with Gasteiger partial charge >= 0.3 is 5.97 Å². The van der Waals surface area contributed by atoms with Gasteiger partial charge in [0.2, 0.25) is 5.91 Å². The van der Waals surface area contributed by atoms with E-state index in [1.165, 1.54) is 6.08 Å². The maximum absolute atomic E-state index is 11.2. The number of rotatable bonds is 4. The van der Waals surface area contributed by atoms with Crippen LogP contribution in [0.4, 0.5) is 0 Å². The lowest BCUT2D eigenvalue weighted by atomic mass is 9.89. The van der Waals surface area contributed by atoms with Crippen molar-refractivity contribution >= 4 is 11.9 Å². The third kappa shape index (κ3) is 3.06. The van der Waals surface area contributed by atoms with Crippen molar-refractivity contribution < 1.29 is 14.7 Å². The van der Waals surface area contributed by atoms with Crippen LogP contribution in [0.25, 0.3) is 0 Å². The number of carbonyl (C=O) groups is 2. The highest BCUT2D eigenvalue weighted by Crippen LogP contribution is 2.29. The van der Waals surface area contributed by atoms with Gasteiger partial charge in [0, 0.05) is 19.2 Å². The highest BCUT2D eigenvalue weighted by Gasteiger charge is 2.38. The van der Waals surface area contributed by atoms with E-state index in [2.05, 4.69) is 4.90 Å². The van der Waals surface area contributed by atoms with Gasteiger partial charge in [-0.2, -0.15) is 0 Å². The fraction of sp³-hybridized carbons (Fsp3) is 0.636. The molecule has 3 N–H and O–H groups in total. The standard InChI is InChI=1S/C11H18N2O3/c1-8(5-9(14)15)6-13-4-3-11(2,7-13)10(12)16/h5H,3-4,6-7H2,1-2H3,(H2,12,16)(H,14,15). The predicted octanol–water partition coefficient (Wildman–Crippen LogP) is 0.215. The van der Waals surface area contributed by atoms with E-state index in [1.54, 1.807) is 6.92 Å². The van der Waals surface area contributed by atoms with Crippen molar-refractivity contribution in [3.05, 3.63) is 11.6 Å². The number of primary amides is 1. The molecule has 0 spiro atoms. The molecule has 1 atom stereocenters. The number of likely N-dealkylation sites (tertiary alicyclic amines) is 1. The summed E-state index contributed by atoms with van der Waals surface area (Å²) in [4.78, 5) is 23.7. The van der Waals surface area contributed by atoms with Crippen molar-refractivity contribution in [3.63, 3.8) is 0 Å². The third-order valence-corrected chi connectivity index (χ3v) is 2.99. The van der Waals surface area contributed by atoms with E-state index >= 15 is 0 Å². The number of aliphatic carboxylic acids is 1. The molecule has 0 aromatic carbocycles. The van der Waals surface area contributed by atoms with Crippen LogP contribution in [0.1, 0.15) is 20.3 Å². The lowest BCUT2D eigenvalue weighted by Gasteiger charge is -2.21. The van der Waals surface area contributed by atoms with Gasteiger partial charge in [0.15, 0.2) is 0 Å². The number of nitrogens with zero attached hydrogens (tertiary/aromatic N) is 1. The molecule has 5 nitrogen and oxygen atoms in total. The van der Waals surface area contributed by atoms with Crippen LogP contribution in [-0.4, -0.2) is 41.5 Å². The van der Waals surface area contributed by atoms with Crippen molar-refractivity contribution in [3.8, 4) is 0 Å². The first kappa shape index (κ1) is 12.7. The molecule has 0 saturated carbocycles. The Morgan fingerprint density at radius 3 is 2.62 bits per heavy atom. The van der Waals surface area contributed by atoms with Crippen molar-refractivity contribution in [2.24, 2.45) is 11.1 Å². The van der Waals surface area contributed by atoms with Crippen LogP contribution < -0.4 is 5.73 Å². The number of hydrogen-bond acceptors (Lipinski definition) is 3. The lowest BCUT2D eigenvalue weighted by molar-refractivity contribution is -0.131. The van der Waals surface area contributed by atoms with Gasteiger partial charge in [-0.3, -0.25) is 9.69 Å². The molecule has 1 rings (SSSR count). The summed E-state index contributed by atoms with van der Waals surface area (Å²) in [5.41, 5.74) is 5.64. The van der Waals surface area contributed by atoms with Gasteiger partial charge in [0.25, 0.3) is 0 Å². The van der Waals surface area contributed by atoms with Crippen LogP contribution in [0, 0.1) is 5.41 Å². The molecule has 1 aliphatic heterocycles. The summed E-state index contributed by atoms with van der Waals surface area (Å²) in [6.07, 6.45) is 1.93. The van der Waals surface area contributed by atoms with Crippen LogP contribution in [-0.2, 0) is 9.59 Å².